The molecule has 5 N–H and O–H groups in total. The number of rotatable bonds is 11. The van der Waals surface area contributed by atoms with Gasteiger partial charge in [0.15, 0.2) is 12.5 Å². The minimum absolute atomic E-state index is 0.0608. The lowest BCUT2D eigenvalue weighted by molar-refractivity contribution is -0.617. The van der Waals surface area contributed by atoms with Gasteiger partial charge in [-0.2, -0.15) is 0 Å². The molecule has 1 saturated heterocycles. The van der Waals surface area contributed by atoms with E-state index in [1.807, 2.05) is 24.4 Å². The highest BCUT2D eigenvalue weighted by molar-refractivity contribution is 7.47. The zero-order valence-corrected chi connectivity index (χ0v) is 18.8. The molecule has 32 heavy (non-hydrogen) atoms. The summed E-state index contributed by atoms with van der Waals surface area (Å²) in [6, 6.07) is 5.91. The first-order valence-electron chi connectivity index (χ1n) is 10.2. The van der Waals surface area contributed by atoms with E-state index in [1.165, 1.54) is 0 Å². The summed E-state index contributed by atoms with van der Waals surface area (Å²) in [6.45, 7) is 3.35. The number of pyridine rings is 1. The lowest BCUT2D eigenvalue weighted by atomic mass is 10.1. The van der Waals surface area contributed by atoms with Crippen molar-refractivity contribution in [1.82, 2.24) is 10.1 Å². The van der Waals surface area contributed by atoms with Crippen molar-refractivity contribution in [2.24, 2.45) is 5.73 Å². The summed E-state index contributed by atoms with van der Waals surface area (Å²) in [5, 5.41) is 5.71. The van der Waals surface area contributed by atoms with E-state index >= 15 is 0 Å². The number of phosphoric acid groups is 1. The summed E-state index contributed by atoms with van der Waals surface area (Å²) in [5.41, 5.74) is 8.41. The maximum absolute atomic E-state index is 11.2. The van der Waals surface area contributed by atoms with Crippen LogP contribution < -0.4 is 16.0 Å². The minimum Gasteiger partial charge on any atom is -0.378 e. The van der Waals surface area contributed by atoms with Gasteiger partial charge in [-0.15, -0.1) is 0 Å². The molecule has 1 aliphatic heterocycles. The van der Waals surface area contributed by atoms with E-state index in [1.54, 1.807) is 23.7 Å². The SMILES string of the molecule is COP(=O)(O)OC[NH2+]/C=C\C=C(/CN)c1cc(Cc2ccc(N3CCOCC3)nc2)no1. The Hall–Kier alpha value is -2.37. The quantitative estimate of drug-likeness (QED) is 0.186. The molecule has 1 fully saturated rings. The monoisotopic (exact) mass is 466 g/mol. The standard InChI is InChI=1S/C20H28N5O6P/c1-28-32(26,27)30-15-22-6-2-3-17(13-21)19-12-18(24-31-19)11-16-4-5-20(23-14-16)25-7-9-29-10-8-25/h2-6,12,14,22H,7-11,13,15,21H2,1H3,(H,26,27)/p+1/b6-2-,17-3+. The summed E-state index contributed by atoms with van der Waals surface area (Å²) < 4.78 is 31.0. The lowest BCUT2D eigenvalue weighted by Gasteiger charge is -2.27. The number of allylic oxidation sites excluding steroid dienone is 2. The van der Waals surface area contributed by atoms with Gasteiger partial charge in [-0.25, -0.2) is 14.1 Å². The van der Waals surface area contributed by atoms with Gasteiger partial charge in [0.25, 0.3) is 0 Å². The molecule has 2 aromatic heterocycles. The highest BCUT2D eigenvalue weighted by Gasteiger charge is 2.18. The Morgan fingerprint density at radius 1 is 1.41 bits per heavy atom. The number of ether oxygens (including phenoxy) is 1. The van der Waals surface area contributed by atoms with Crippen molar-refractivity contribution in [1.29, 1.82) is 0 Å². The summed E-state index contributed by atoms with van der Waals surface area (Å²) in [5.74, 6) is 1.53. The first kappa shape index (κ1) is 24.3. The Morgan fingerprint density at radius 2 is 2.22 bits per heavy atom. The number of hydrogen-bond donors (Lipinski definition) is 3. The maximum Gasteiger partial charge on any atom is 0.476 e. The van der Waals surface area contributed by atoms with E-state index in [4.69, 9.17) is 24.4 Å². The number of nitrogens with two attached hydrogens (primary N) is 2. The van der Waals surface area contributed by atoms with Gasteiger partial charge in [-0.05, 0) is 23.8 Å². The zero-order valence-electron chi connectivity index (χ0n) is 17.9. The Kier molecular flexibility index (Phi) is 9.12. The second-order valence-corrected chi connectivity index (χ2v) is 8.51. The summed E-state index contributed by atoms with van der Waals surface area (Å²) in [7, 11) is -2.86. The van der Waals surface area contributed by atoms with Crippen LogP contribution in [0.4, 0.5) is 5.82 Å². The first-order chi connectivity index (χ1) is 15.5. The predicted octanol–water partition coefficient (Wildman–Crippen LogP) is 0.637. The van der Waals surface area contributed by atoms with E-state index in [0.29, 0.717) is 12.2 Å². The molecular formula is C20H29N5O6P+. The van der Waals surface area contributed by atoms with Crippen LogP contribution in [-0.2, 0) is 24.8 Å². The number of phosphoric ester groups is 1. The fourth-order valence-electron chi connectivity index (χ4n) is 3.00. The second-order valence-electron chi connectivity index (χ2n) is 6.95. The van der Waals surface area contributed by atoms with Crippen molar-refractivity contribution in [3.63, 3.8) is 0 Å². The van der Waals surface area contributed by atoms with Crippen LogP contribution in [0.25, 0.3) is 5.57 Å². The average Bonchev–Trinajstić information content (AvgIpc) is 3.28. The highest BCUT2D eigenvalue weighted by atomic mass is 31.2. The number of quaternary nitrogens is 1. The van der Waals surface area contributed by atoms with Crippen LogP contribution in [0.1, 0.15) is 17.0 Å². The van der Waals surface area contributed by atoms with Gasteiger partial charge in [-0.3, -0.25) is 9.84 Å². The predicted molar refractivity (Wildman–Crippen MR) is 117 cm³/mol. The van der Waals surface area contributed by atoms with Crippen molar-refractivity contribution in [2.45, 2.75) is 6.42 Å². The van der Waals surface area contributed by atoms with Crippen LogP contribution in [0, 0.1) is 0 Å². The van der Waals surface area contributed by atoms with Crippen LogP contribution >= 0.6 is 7.82 Å². The van der Waals surface area contributed by atoms with Gasteiger partial charge < -0.3 is 24.8 Å². The van der Waals surface area contributed by atoms with Crippen molar-refractivity contribution in [3.05, 3.63) is 59.8 Å². The number of nitrogens with zero attached hydrogens (tertiary/aromatic N) is 3. The summed E-state index contributed by atoms with van der Waals surface area (Å²) in [4.78, 5) is 15.9. The van der Waals surface area contributed by atoms with Gasteiger partial charge in [0, 0.05) is 51.0 Å². The molecular weight excluding hydrogens is 437 g/mol. The van der Waals surface area contributed by atoms with Gasteiger partial charge >= 0.3 is 7.82 Å². The fourth-order valence-corrected chi connectivity index (χ4v) is 3.38. The Bertz CT molecular complexity index is 956. The molecule has 0 amide bonds. The molecule has 0 bridgehead atoms. The summed E-state index contributed by atoms with van der Waals surface area (Å²) >= 11 is 0. The third-order valence-corrected chi connectivity index (χ3v) is 5.67. The maximum atomic E-state index is 11.2. The van der Waals surface area contributed by atoms with Crippen LogP contribution in [0.3, 0.4) is 0 Å². The molecule has 174 valence electrons. The zero-order chi connectivity index (χ0) is 22.8. The third-order valence-electron chi connectivity index (χ3n) is 4.73. The Labute approximate surface area is 186 Å². The van der Waals surface area contributed by atoms with Crippen molar-refractivity contribution in [2.75, 3.05) is 51.6 Å². The molecule has 11 nitrogen and oxygen atoms in total. The average molecular weight is 466 g/mol. The molecule has 0 saturated carbocycles. The van der Waals surface area contributed by atoms with E-state index < -0.39 is 7.82 Å². The van der Waals surface area contributed by atoms with Crippen molar-refractivity contribution in [3.8, 4) is 0 Å². The number of aromatic nitrogens is 2. The molecule has 0 aliphatic carbocycles. The Balaban J connectivity index is 1.53. The molecule has 1 aliphatic rings. The molecule has 12 heteroatoms. The highest BCUT2D eigenvalue weighted by Crippen LogP contribution is 2.40. The van der Waals surface area contributed by atoms with Crippen LogP contribution in [0.15, 0.2) is 47.3 Å². The molecule has 3 rings (SSSR count). The lowest BCUT2D eigenvalue weighted by Crippen LogP contribution is -2.78. The summed E-state index contributed by atoms with van der Waals surface area (Å²) in [6.07, 6.45) is 7.64. The van der Waals surface area contributed by atoms with Gasteiger partial charge in [-0.1, -0.05) is 11.2 Å². The van der Waals surface area contributed by atoms with E-state index in [0.717, 1.165) is 56.1 Å². The number of anilines is 1. The van der Waals surface area contributed by atoms with Gasteiger partial charge in [0.1, 0.15) is 5.82 Å². The van der Waals surface area contributed by atoms with Gasteiger partial charge in [0.05, 0.1) is 25.1 Å². The number of morpholine rings is 1. The van der Waals surface area contributed by atoms with E-state index in [9.17, 15) is 4.57 Å². The molecule has 0 spiro atoms. The molecule has 2 aromatic rings. The molecule has 0 aromatic carbocycles. The van der Waals surface area contributed by atoms with E-state index in [-0.39, 0.29) is 13.3 Å². The molecule has 1 atom stereocenters. The third kappa shape index (κ3) is 7.35. The second kappa shape index (κ2) is 12.0. The van der Waals surface area contributed by atoms with Crippen LogP contribution in [0.5, 0.6) is 0 Å². The van der Waals surface area contributed by atoms with Crippen molar-refractivity contribution < 1.29 is 33.1 Å². The Morgan fingerprint density at radius 3 is 2.91 bits per heavy atom. The largest absolute Gasteiger partial charge is 0.476 e. The topological polar surface area (TPSA) is 150 Å². The molecule has 1 unspecified atom stereocenters. The normalized spacial score (nSPS) is 17.1. The van der Waals surface area contributed by atoms with E-state index in [2.05, 4.69) is 19.6 Å². The minimum atomic E-state index is -3.97. The van der Waals surface area contributed by atoms with Gasteiger partial charge in [0.2, 0.25) is 0 Å². The molecule has 3 heterocycles. The first-order valence-corrected chi connectivity index (χ1v) is 11.7. The van der Waals surface area contributed by atoms with Crippen LogP contribution in [-0.4, -0.2) is 61.7 Å². The molecule has 0 radical (unpaired) electrons. The smallest absolute Gasteiger partial charge is 0.378 e. The van der Waals surface area contributed by atoms with Crippen molar-refractivity contribution >= 4 is 19.2 Å². The van der Waals surface area contributed by atoms with Crippen LogP contribution in [0.2, 0.25) is 0 Å². The number of hydrogen-bond acceptors (Lipinski definition) is 9. The fraction of sp³-hybridized carbons (Fsp3) is 0.400.